The van der Waals surface area contributed by atoms with E-state index in [-0.39, 0.29) is 35.3 Å². The Kier molecular flexibility index (Phi) is 5.23. The molecule has 0 saturated heterocycles. The molecule has 0 N–H and O–H groups in total. The molecule has 3 atom stereocenters. The van der Waals surface area contributed by atoms with Gasteiger partial charge in [0.2, 0.25) is 0 Å². The van der Waals surface area contributed by atoms with E-state index in [4.69, 9.17) is 4.74 Å². The van der Waals surface area contributed by atoms with E-state index in [1.54, 1.807) is 17.0 Å². The summed E-state index contributed by atoms with van der Waals surface area (Å²) in [4.78, 5) is 30.4. The van der Waals surface area contributed by atoms with Crippen LogP contribution in [0.3, 0.4) is 0 Å². The van der Waals surface area contributed by atoms with Gasteiger partial charge in [0.15, 0.2) is 11.5 Å². The number of hydrogen-bond donors (Lipinski definition) is 0. The first-order chi connectivity index (χ1) is 13.5. The van der Waals surface area contributed by atoms with Crippen LogP contribution in [0.2, 0.25) is 0 Å². The minimum Gasteiger partial charge on any atom is -0.483 e. The number of carbonyl (C=O) groups excluding carboxylic acids is 2. The molecule has 2 heterocycles. The molecule has 1 aliphatic carbocycles. The highest BCUT2D eigenvalue weighted by molar-refractivity contribution is 6.11. The second-order valence-corrected chi connectivity index (χ2v) is 8.26. The van der Waals surface area contributed by atoms with Crippen LogP contribution in [0.4, 0.5) is 4.39 Å². The molecule has 1 fully saturated rings. The summed E-state index contributed by atoms with van der Waals surface area (Å²) in [7, 11) is 3.98. The quantitative estimate of drug-likeness (QED) is 0.780. The maximum atomic E-state index is 13.5. The molecule has 0 aromatic heterocycles. The summed E-state index contributed by atoms with van der Waals surface area (Å²) >= 11 is 0. The van der Waals surface area contributed by atoms with Crippen LogP contribution >= 0.6 is 0 Å². The predicted molar refractivity (Wildman–Crippen MR) is 103 cm³/mol. The van der Waals surface area contributed by atoms with Crippen molar-refractivity contribution in [2.45, 2.75) is 44.2 Å². The number of amides is 1. The first-order valence-corrected chi connectivity index (χ1v) is 10.1. The molecule has 6 heteroatoms. The van der Waals surface area contributed by atoms with Gasteiger partial charge < -0.3 is 14.5 Å². The SMILES string of the molecule is CN(C)CCCN1C(=O)C2=C(C(=O)C3CCCCC3O2)C1c1ccc(F)cc1. The molecule has 4 rings (SSSR count). The summed E-state index contributed by atoms with van der Waals surface area (Å²) in [6.45, 7) is 1.36. The van der Waals surface area contributed by atoms with Crippen molar-refractivity contribution in [1.29, 1.82) is 0 Å². The molecular weight excluding hydrogens is 359 g/mol. The van der Waals surface area contributed by atoms with Gasteiger partial charge in [-0.25, -0.2) is 4.39 Å². The van der Waals surface area contributed by atoms with Crippen molar-refractivity contribution in [2.75, 3.05) is 27.2 Å². The summed E-state index contributed by atoms with van der Waals surface area (Å²) in [6, 6.07) is 5.62. The van der Waals surface area contributed by atoms with Crippen LogP contribution in [0.15, 0.2) is 35.6 Å². The Morgan fingerprint density at radius 1 is 1.14 bits per heavy atom. The van der Waals surface area contributed by atoms with Crippen molar-refractivity contribution in [1.82, 2.24) is 9.80 Å². The number of benzene rings is 1. The molecule has 150 valence electrons. The third-order valence-corrected chi connectivity index (χ3v) is 6.05. The van der Waals surface area contributed by atoms with Gasteiger partial charge in [0.05, 0.1) is 17.5 Å². The van der Waals surface area contributed by atoms with Gasteiger partial charge in [-0.3, -0.25) is 9.59 Å². The summed E-state index contributed by atoms with van der Waals surface area (Å²) in [6.07, 6.45) is 4.28. The minimum absolute atomic E-state index is 0.0451. The van der Waals surface area contributed by atoms with Crippen LogP contribution < -0.4 is 0 Å². The molecule has 5 nitrogen and oxygen atoms in total. The fraction of sp³-hybridized carbons (Fsp3) is 0.545. The summed E-state index contributed by atoms with van der Waals surface area (Å²) < 4.78 is 19.6. The second kappa shape index (κ2) is 7.66. The van der Waals surface area contributed by atoms with Crippen LogP contribution in [-0.4, -0.2) is 54.8 Å². The maximum Gasteiger partial charge on any atom is 0.290 e. The lowest BCUT2D eigenvalue weighted by Gasteiger charge is -2.35. The Morgan fingerprint density at radius 3 is 2.57 bits per heavy atom. The van der Waals surface area contributed by atoms with Gasteiger partial charge in [-0.05, 0) is 64.0 Å². The van der Waals surface area contributed by atoms with E-state index in [2.05, 4.69) is 4.90 Å². The number of fused-ring (bicyclic) bond motifs is 1. The average molecular weight is 386 g/mol. The molecule has 0 spiro atoms. The van der Waals surface area contributed by atoms with E-state index < -0.39 is 6.04 Å². The number of carbonyl (C=O) groups is 2. The molecule has 1 aromatic rings. The first-order valence-electron chi connectivity index (χ1n) is 10.1. The highest BCUT2D eigenvalue weighted by atomic mass is 19.1. The Morgan fingerprint density at radius 2 is 1.86 bits per heavy atom. The largest absolute Gasteiger partial charge is 0.483 e. The zero-order valence-electron chi connectivity index (χ0n) is 16.5. The van der Waals surface area contributed by atoms with Crippen LogP contribution in [-0.2, 0) is 14.3 Å². The molecule has 0 bridgehead atoms. The molecule has 28 heavy (non-hydrogen) atoms. The predicted octanol–water partition coefficient (Wildman–Crippen LogP) is 3.07. The van der Waals surface area contributed by atoms with E-state index in [1.165, 1.54) is 12.1 Å². The van der Waals surface area contributed by atoms with Gasteiger partial charge in [-0.1, -0.05) is 18.6 Å². The average Bonchev–Trinajstić information content (AvgIpc) is 2.95. The van der Waals surface area contributed by atoms with Gasteiger partial charge in [-0.15, -0.1) is 0 Å². The number of halogens is 1. The molecule has 1 aromatic carbocycles. The summed E-state index contributed by atoms with van der Waals surface area (Å²) in [5.74, 6) is -0.429. The lowest BCUT2D eigenvalue weighted by Crippen LogP contribution is -2.39. The summed E-state index contributed by atoms with van der Waals surface area (Å²) in [5.41, 5.74) is 1.24. The van der Waals surface area contributed by atoms with Crippen molar-refractivity contribution in [2.24, 2.45) is 5.92 Å². The van der Waals surface area contributed by atoms with Gasteiger partial charge in [-0.2, -0.15) is 0 Å². The third-order valence-electron chi connectivity index (χ3n) is 6.05. The van der Waals surface area contributed by atoms with Gasteiger partial charge in [0.1, 0.15) is 11.9 Å². The zero-order chi connectivity index (χ0) is 19.8. The number of ketones is 1. The fourth-order valence-electron chi connectivity index (χ4n) is 4.67. The van der Waals surface area contributed by atoms with Crippen LogP contribution in [0, 0.1) is 11.7 Å². The fourth-order valence-corrected chi connectivity index (χ4v) is 4.67. The molecular formula is C22H27FN2O3. The highest BCUT2D eigenvalue weighted by Gasteiger charge is 2.51. The molecule has 2 aliphatic heterocycles. The number of Topliss-reactive ketones (excluding diaryl/α,β-unsaturated/α-hetero) is 1. The van der Waals surface area contributed by atoms with E-state index in [9.17, 15) is 14.0 Å². The van der Waals surface area contributed by atoms with Crippen LogP contribution in [0.5, 0.6) is 0 Å². The molecule has 1 amide bonds. The monoisotopic (exact) mass is 386 g/mol. The van der Waals surface area contributed by atoms with Crippen molar-refractivity contribution >= 4 is 11.7 Å². The van der Waals surface area contributed by atoms with Crippen molar-refractivity contribution < 1.29 is 18.7 Å². The van der Waals surface area contributed by atoms with E-state index >= 15 is 0 Å². The Balaban J connectivity index is 1.70. The second-order valence-electron chi connectivity index (χ2n) is 8.26. The van der Waals surface area contributed by atoms with Gasteiger partial charge in [0.25, 0.3) is 5.91 Å². The molecule has 3 aliphatic rings. The third kappa shape index (κ3) is 3.34. The van der Waals surface area contributed by atoms with E-state index in [0.717, 1.165) is 44.2 Å². The number of rotatable bonds is 5. The zero-order valence-corrected chi connectivity index (χ0v) is 16.5. The van der Waals surface area contributed by atoms with Gasteiger partial charge >= 0.3 is 0 Å². The van der Waals surface area contributed by atoms with Crippen LogP contribution in [0.1, 0.15) is 43.7 Å². The van der Waals surface area contributed by atoms with E-state index in [0.29, 0.717) is 12.1 Å². The topological polar surface area (TPSA) is 49.9 Å². The van der Waals surface area contributed by atoms with E-state index in [1.807, 2.05) is 14.1 Å². The van der Waals surface area contributed by atoms with Crippen molar-refractivity contribution in [3.05, 3.63) is 47.0 Å². The van der Waals surface area contributed by atoms with Crippen molar-refractivity contribution in [3.63, 3.8) is 0 Å². The minimum atomic E-state index is -0.486. The first kappa shape index (κ1) is 19.1. The summed E-state index contributed by atoms with van der Waals surface area (Å²) in [5, 5.41) is 0. The number of ether oxygens (including phenoxy) is 1. The smallest absolute Gasteiger partial charge is 0.290 e. The lowest BCUT2D eigenvalue weighted by atomic mass is 9.77. The normalized spacial score (nSPS) is 27.1. The molecule has 0 radical (unpaired) electrons. The Bertz CT molecular complexity index is 803. The molecule has 3 unspecified atom stereocenters. The molecule has 1 saturated carbocycles. The Hall–Kier alpha value is -2.21. The van der Waals surface area contributed by atoms with Crippen molar-refractivity contribution in [3.8, 4) is 0 Å². The van der Waals surface area contributed by atoms with Gasteiger partial charge in [0, 0.05) is 6.54 Å². The standard InChI is InChI=1S/C22H27FN2O3/c1-24(2)12-5-13-25-19(14-8-10-15(23)11-9-14)18-20(26)16-6-3-4-7-17(16)28-21(18)22(25)27/h8-11,16-17,19H,3-7,12-13H2,1-2H3. The number of hydrogen-bond acceptors (Lipinski definition) is 4. The lowest BCUT2D eigenvalue weighted by molar-refractivity contribution is -0.135. The Labute approximate surface area is 165 Å². The maximum absolute atomic E-state index is 13.5. The highest BCUT2D eigenvalue weighted by Crippen LogP contribution is 2.46. The van der Waals surface area contributed by atoms with Crippen LogP contribution in [0.25, 0.3) is 0 Å². The number of nitrogens with zero attached hydrogens (tertiary/aromatic N) is 2.